The van der Waals surface area contributed by atoms with Gasteiger partial charge in [-0.1, -0.05) is 48.5 Å². The Kier molecular flexibility index (Phi) is 4.78. The van der Waals surface area contributed by atoms with Crippen molar-refractivity contribution in [3.8, 4) is 11.1 Å². The number of carbonyl (C=O) groups is 1. The Labute approximate surface area is 143 Å². The number of hydrogen-bond donors (Lipinski definition) is 3. The molecule has 25 heavy (non-hydrogen) atoms. The monoisotopic (exact) mass is 338 g/mol. The van der Waals surface area contributed by atoms with Gasteiger partial charge in [-0.2, -0.15) is 0 Å². The second kappa shape index (κ2) is 7.16. The highest BCUT2D eigenvalue weighted by Crippen LogP contribution is 2.44. The third-order valence-corrected chi connectivity index (χ3v) is 4.18. The van der Waals surface area contributed by atoms with Crippen molar-refractivity contribution in [1.82, 2.24) is 9.55 Å². The van der Waals surface area contributed by atoms with Gasteiger partial charge in [-0.25, -0.2) is 14.2 Å². The normalized spacial score (nSPS) is 11.9. The number of carbonyl (C=O) groups excluding carboxylic acids is 1. The molecule has 0 aliphatic heterocycles. The molecule has 0 unspecified atom stereocenters. The number of hydrazine groups is 1. The predicted octanol–water partition coefficient (Wildman–Crippen LogP) is 1.79. The van der Waals surface area contributed by atoms with Crippen molar-refractivity contribution in [1.29, 1.82) is 0 Å². The van der Waals surface area contributed by atoms with Gasteiger partial charge in [0.25, 0.3) is 0 Å². The van der Waals surface area contributed by atoms with Crippen molar-refractivity contribution in [2.75, 3.05) is 6.61 Å². The maximum Gasteiger partial charge on any atom is 0.422 e. The number of fused-ring (bicyclic) bond motifs is 3. The largest absolute Gasteiger partial charge is 0.448 e. The fourth-order valence-corrected chi connectivity index (χ4v) is 3.13. The van der Waals surface area contributed by atoms with Crippen molar-refractivity contribution in [3.05, 3.63) is 82.5 Å². The molecule has 0 bridgehead atoms. The zero-order chi connectivity index (χ0) is 17.8. The van der Waals surface area contributed by atoms with Crippen molar-refractivity contribution in [3.63, 3.8) is 0 Å². The Morgan fingerprint density at radius 3 is 2.12 bits per heavy atom. The number of hydrogen-bond acceptors (Lipinski definition) is 5. The Hall–Kier alpha value is -3.16. The van der Waals surface area contributed by atoms with E-state index >= 15 is 0 Å². The van der Waals surface area contributed by atoms with Gasteiger partial charge in [0.2, 0.25) is 0 Å². The molecule has 0 saturated carbocycles. The van der Waals surface area contributed by atoms with Crippen molar-refractivity contribution in [2.24, 2.45) is 11.7 Å². The molecule has 1 heterocycles. The molecule has 1 aromatic heterocycles. The quantitative estimate of drug-likeness (QED) is 0.486. The van der Waals surface area contributed by atoms with Gasteiger partial charge >= 0.3 is 11.8 Å². The van der Waals surface area contributed by atoms with E-state index in [9.17, 15) is 9.59 Å². The van der Waals surface area contributed by atoms with Gasteiger partial charge in [0.15, 0.2) is 0 Å². The number of nitrogens with two attached hydrogens (primary N) is 2. The first-order valence-electron chi connectivity index (χ1n) is 7.70. The van der Waals surface area contributed by atoms with E-state index in [4.69, 9.17) is 4.74 Å². The maximum atomic E-state index is 12.0. The summed E-state index contributed by atoms with van der Waals surface area (Å²) in [6.07, 6.45) is 2.10. The molecule has 0 saturated heterocycles. The number of nitrogens with one attached hydrogen (secondary N) is 1. The van der Waals surface area contributed by atoms with Crippen LogP contribution in [0.5, 0.6) is 0 Å². The second-order valence-electron chi connectivity index (χ2n) is 5.44. The molecule has 0 atom stereocenters. The first-order chi connectivity index (χ1) is 12.3. The van der Waals surface area contributed by atoms with Crippen molar-refractivity contribution < 1.29 is 9.53 Å². The molecular formula is C18H18N4O3. The number of rotatable bonds is 2. The van der Waals surface area contributed by atoms with Crippen LogP contribution in [0.4, 0.5) is 4.79 Å². The number of H-pyrrole nitrogens is 1. The molecule has 1 aliphatic rings. The molecule has 7 heteroatoms. The summed E-state index contributed by atoms with van der Waals surface area (Å²) >= 11 is 0. The number of aromatic nitrogens is 2. The molecule has 0 fully saturated rings. The van der Waals surface area contributed by atoms with Crippen LogP contribution in [0, 0.1) is 0 Å². The highest BCUT2D eigenvalue weighted by molar-refractivity contribution is 5.79. The lowest BCUT2D eigenvalue weighted by atomic mass is 9.98. The maximum absolute atomic E-state index is 12.0. The van der Waals surface area contributed by atoms with E-state index < -0.39 is 11.8 Å². The molecule has 0 amide bonds. The Morgan fingerprint density at radius 1 is 1.04 bits per heavy atom. The minimum atomic E-state index is -0.668. The zero-order valence-electron chi connectivity index (χ0n) is 13.4. The molecule has 4 rings (SSSR count). The van der Waals surface area contributed by atoms with Crippen LogP contribution in [0.2, 0.25) is 0 Å². The van der Waals surface area contributed by atoms with E-state index in [0.717, 1.165) is 15.7 Å². The predicted molar refractivity (Wildman–Crippen MR) is 93.9 cm³/mol. The van der Waals surface area contributed by atoms with Crippen LogP contribution in [0.1, 0.15) is 17.0 Å². The summed E-state index contributed by atoms with van der Waals surface area (Å²) in [4.78, 5) is 25.9. The fraction of sp³-hybridized carbons (Fsp3) is 0.111. The summed E-state index contributed by atoms with van der Waals surface area (Å²) in [5, 5.41) is 0. The van der Waals surface area contributed by atoms with E-state index in [2.05, 4.69) is 40.9 Å². The van der Waals surface area contributed by atoms with E-state index in [0.29, 0.717) is 0 Å². The highest BCUT2D eigenvalue weighted by atomic mass is 16.5. The van der Waals surface area contributed by atoms with Gasteiger partial charge in [-0.15, -0.1) is 0 Å². The summed E-state index contributed by atoms with van der Waals surface area (Å²) in [5.41, 5.74) is 4.12. The highest BCUT2D eigenvalue weighted by Gasteiger charge is 2.29. The zero-order valence-corrected chi connectivity index (χ0v) is 13.4. The Morgan fingerprint density at radius 2 is 1.60 bits per heavy atom. The number of aromatic amines is 1. The number of nitrogens with zero attached hydrogens (tertiary/aromatic N) is 1. The number of imidazole rings is 1. The van der Waals surface area contributed by atoms with Gasteiger partial charge in [-0.3, -0.25) is 11.7 Å². The molecule has 3 aromatic rings. The van der Waals surface area contributed by atoms with Gasteiger partial charge in [0, 0.05) is 18.3 Å². The smallest absolute Gasteiger partial charge is 0.422 e. The molecular weight excluding hydrogens is 320 g/mol. The molecule has 0 radical (unpaired) electrons. The standard InChI is InChI=1S/C18H14N2O3.H4N2/c21-17-19-9-10-20(17)18(22)23-11-16-14-7-3-1-5-12(14)13-6-2-4-8-15(13)16;1-2/h1-10,16H,11H2,(H,19,21);1-2H2. The van der Waals surface area contributed by atoms with E-state index in [1.165, 1.54) is 23.5 Å². The fourth-order valence-electron chi connectivity index (χ4n) is 3.13. The van der Waals surface area contributed by atoms with E-state index in [1.54, 1.807) is 0 Å². The Balaban J connectivity index is 0.000000880. The van der Waals surface area contributed by atoms with Crippen LogP contribution >= 0.6 is 0 Å². The number of benzene rings is 2. The lowest BCUT2D eigenvalue weighted by Gasteiger charge is -2.13. The average molecular weight is 338 g/mol. The van der Waals surface area contributed by atoms with Crippen molar-refractivity contribution in [2.45, 2.75) is 5.92 Å². The van der Waals surface area contributed by atoms with Gasteiger partial charge in [0.1, 0.15) is 6.61 Å². The van der Waals surface area contributed by atoms with Gasteiger partial charge < -0.3 is 9.72 Å². The average Bonchev–Trinajstić information content (AvgIpc) is 3.23. The number of ether oxygens (including phenoxy) is 1. The van der Waals surface area contributed by atoms with Gasteiger partial charge in [-0.05, 0) is 22.3 Å². The molecule has 5 N–H and O–H groups in total. The molecule has 2 aromatic carbocycles. The van der Waals surface area contributed by atoms with Crippen LogP contribution < -0.4 is 17.4 Å². The van der Waals surface area contributed by atoms with Crippen LogP contribution in [-0.4, -0.2) is 22.3 Å². The third-order valence-electron chi connectivity index (χ3n) is 4.18. The summed E-state index contributed by atoms with van der Waals surface area (Å²) in [7, 11) is 0. The topological polar surface area (TPSA) is 116 Å². The third kappa shape index (κ3) is 2.98. The lowest BCUT2D eigenvalue weighted by Crippen LogP contribution is -2.26. The van der Waals surface area contributed by atoms with Crippen LogP contribution in [0.15, 0.2) is 65.7 Å². The van der Waals surface area contributed by atoms with Crippen LogP contribution in [0.3, 0.4) is 0 Å². The summed E-state index contributed by atoms with van der Waals surface area (Å²) in [6.45, 7) is 0.199. The molecule has 0 spiro atoms. The SMILES string of the molecule is NN.O=C(OCC1c2ccccc2-c2ccccc21)n1cc[nH]c1=O. The first-order valence-corrected chi connectivity index (χ1v) is 7.70. The lowest BCUT2D eigenvalue weighted by molar-refractivity contribution is 0.143. The summed E-state index contributed by atoms with van der Waals surface area (Å²) < 4.78 is 6.29. The second-order valence-corrected chi connectivity index (χ2v) is 5.44. The molecule has 7 nitrogen and oxygen atoms in total. The van der Waals surface area contributed by atoms with Crippen LogP contribution in [-0.2, 0) is 4.74 Å². The molecule has 1 aliphatic carbocycles. The first kappa shape index (κ1) is 16.7. The molecule has 128 valence electrons. The summed E-state index contributed by atoms with van der Waals surface area (Å²) in [5.74, 6) is 7.99. The summed E-state index contributed by atoms with van der Waals surface area (Å²) in [6, 6.07) is 16.2. The van der Waals surface area contributed by atoms with Crippen molar-refractivity contribution >= 4 is 6.09 Å². The van der Waals surface area contributed by atoms with Gasteiger partial charge in [0.05, 0.1) is 0 Å². The van der Waals surface area contributed by atoms with Crippen LogP contribution in [0.25, 0.3) is 11.1 Å². The minimum absolute atomic E-state index is 0.0130. The minimum Gasteiger partial charge on any atom is -0.448 e. The van der Waals surface area contributed by atoms with E-state index in [-0.39, 0.29) is 12.5 Å². The van der Waals surface area contributed by atoms with E-state index in [1.807, 2.05) is 24.3 Å². The Bertz CT molecular complexity index is 899.